The molecular weight excluding hydrogens is 408 g/mol. The zero-order valence-electron chi connectivity index (χ0n) is 19.3. The number of unbranched alkanes of at least 4 members (excludes halogenated alkanes) is 1. The zero-order valence-corrected chi connectivity index (χ0v) is 19.3. The second-order valence-electron chi connectivity index (χ2n) is 7.76. The highest BCUT2D eigenvalue weighted by Gasteiger charge is 2.22. The van der Waals surface area contributed by atoms with E-state index in [1.807, 2.05) is 25.1 Å². The van der Waals surface area contributed by atoms with Crippen LogP contribution in [0.25, 0.3) is 0 Å². The maximum atomic E-state index is 12.6. The average molecular weight is 443 g/mol. The van der Waals surface area contributed by atoms with Crippen molar-refractivity contribution in [3.63, 3.8) is 0 Å². The molecule has 2 rings (SSSR count). The third-order valence-electron chi connectivity index (χ3n) is 5.28. The number of nitrogens with zero attached hydrogens (tertiary/aromatic N) is 2. The van der Waals surface area contributed by atoms with Crippen LogP contribution in [0.4, 0.5) is 5.69 Å². The summed E-state index contributed by atoms with van der Waals surface area (Å²) in [5.41, 5.74) is 1.14. The van der Waals surface area contributed by atoms with Crippen molar-refractivity contribution in [1.29, 1.82) is 0 Å². The number of hydrogen-bond acceptors (Lipinski definition) is 6. The summed E-state index contributed by atoms with van der Waals surface area (Å²) < 4.78 is 11.1. The van der Waals surface area contributed by atoms with Gasteiger partial charge >= 0.3 is 11.7 Å². The molecule has 2 aromatic carbocycles. The SMILES string of the molecule is CCCCOc1ccc(C(=O)OCC(CC)N(CCC)Cc2ccccc2)cc1[N+](=O)[O-]. The van der Waals surface area contributed by atoms with Gasteiger partial charge in [0.25, 0.3) is 0 Å². The first-order chi connectivity index (χ1) is 15.5. The van der Waals surface area contributed by atoms with Gasteiger partial charge < -0.3 is 9.47 Å². The summed E-state index contributed by atoms with van der Waals surface area (Å²) in [4.78, 5) is 25.9. The third kappa shape index (κ3) is 7.64. The van der Waals surface area contributed by atoms with Gasteiger partial charge in [-0.1, -0.05) is 57.5 Å². The van der Waals surface area contributed by atoms with Gasteiger partial charge in [-0.05, 0) is 43.5 Å². The Morgan fingerprint density at radius 3 is 2.47 bits per heavy atom. The number of hydrogen-bond donors (Lipinski definition) is 0. The van der Waals surface area contributed by atoms with Crippen molar-refractivity contribution >= 4 is 11.7 Å². The van der Waals surface area contributed by atoms with Crippen LogP contribution in [0.15, 0.2) is 48.5 Å². The van der Waals surface area contributed by atoms with Crippen LogP contribution >= 0.6 is 0 Å². The van der Waals surface area contributed by atoms with Crippen LogP contribution in [0, 0.1) is 10.1 Å². The molecule has 0 aliphatic rings. The summed E-state index contributed by atoms with van der Waals surface area (Å²) in [5, 5.41) is 11.4. The standard InChI is InChI=1S/C25H34N2O5/c1-4-7-16-31-24-14-13-21(17-23(24)27(29)30)25(28)32-19-22(6-3)26(15-5-2)18-20-11-9-8-10-12-20/h8-14,17,22H,4-7,15-16,18-19H2,1-3H3. The molecule has 1 atom stereocenters. The molecule has 0 aromatic heterocycles. The van der Waals surface area contributed by atoms with Crippen LogP contribution in [-0.2, 0) is 11.3 Å². The van der Waals surface area contributed by atoms with E-state index in [0.29, 0.717) is 6.61 Å². The van der Waals surface area contributed by atoms with E-state index in [-0.39, 0.29) is 29.6 Å². The fraction of sp³-hybridized carbons (Fsp3) is 0.480. The summed E-state index contributed by atoms with van der Waals surface area (Å²) in [6.45, 7) is 8.50. The average Bonchev–Trinajstić information content (AvgIpc) is 2.80. The van der Waals surface area contributed by atoms with Crippen molar-refractivity contribution < 1.29 is 19.2 Å². The highest BCUT2D eigenvalue weighted by Crippen LogP contribution is 2.28. The van der Waals surface area contributed by atoms with Gasteiger partial charge in [0.1, 0.15) is 6.61 Å². The maximum absolute atomic E-state index is 12.6. The fourth-order valence-electron chi connectivity index (χ4n) is 3.47. The molecule has 0 spiro atoms. The number of benzene rings is 2. The molecule has 32 heavy (non-hydrogen) atoms. The quantitative estimate of drug-likeness (QED) is 0.163. The number of nitro groups is 1. The van der Waals surface area contributed by atoms with Crippen molar-refractivity contribution in [1.82, 2.24) is 4.90 Å². The number of carbonyl (C=O) groups excluding carboxylic acids is 1. The van der Waals surface area contributed by atoms with Crippen molar-refractivity contribution in [2.75, 3.05) is 19.8 Å². The molecule has 1 unspecified atom stereocenters. The van der Waals surface area contributed by atoms with E-state index >= 15 is 0 Å². The Labute approximate surface area is 190 Å². The normalized spacial score (nSPS) is 11.9. The molecule has 7 nitrogen and oxygen atoms in total. The van der Waals surface area contributed by atoms with E-state index in [0.717, 1.165) is 38.8 Å². The summed E-state index contributed by atoms with van der Waals surface area (Å²) in [6.07, 6.45) is 3.54. The van der Waals surface area contributed by atoms with E-state index in [2.05, 4.69) is 30.9 Å². The maximum Gasteiger partial charge on any atom is 0.338 e. The highest BCUT2D eigenvalue weighted by molar-refractivity contribution is 5.90. The Bertz CT molecular complexity index is 857. The van der Waals surface area contributed by atoms with E-state index in [1.165, 1.54) is 23.8 Å². The summed E-state index contributed by atoms with van der Waals surface area (Å²) in [5.74, 6) is -0.397. The second kappa shape index (κ2) is 13.5. The van der Waals surface area contributed by atoms with E-state index in [1.54, 1.807) is 0 Å². The Morgan fingerprint density at radius 1 is 1.09 bits per heavy atom. The van der Waals surface area contributed by atoms with Crippen molar-refractivity contribution in [2.24, 2.45) is 0 Å². The summed E-state index contributed by atoms with van der Waals surface area (Å²) in [7, 11) is 0. The molecule has 174 valence electrons. The molecule has 0 saturated heterocycles. The molecule has 0 N–H and O–H groups in total. The monoisotopic (exact) mass is 442 g/mol. The first-order valence-corrected chi connectivity index (χ1v) is 11.4. The lowest BCUT2D eigenvalue weighted by atomic mass is 10.1. The smallest absolute Gasteiger partial charge is 0.338 e. The van der Waals surface area contributed by atoms with Crippen molar-refractivity contribution in [3.05, 3.63) is 69.8 Å². The minimum Gasteiger partial charge on any atom is -0.487 e. The fourth-order valence-corrected chi connectivity index (χ4v) is 3.47. The van der Waals surface area contributed by atoms with Gasteiger partial charge in [-0.25, -0.2) is 4.79 Å². The zero-order chi connectivity index (χ0) is 23.3. The van der Waals surface area contributed by atoms with E-state index in [9.17, 15) is 14.9 Å². The van der Waals surface area contributed by atoms with Crippen molar-refractivity contribution in [3.8, 4) is 5.75 Å². The molecule has 0 saturated carbocycles. The highest BCUT2D eigenvalue weighted by atomic mass is 16.6. The van der Waals surface area contributed by atoms with Gasteiger partial charge in [-0.2, -0.15) is 0 Å². The van der Waals surface area contributed by atoms with Gasteiger partial charge in [-0.3, -0.25) is 15.0 Å². The lowest BCUT2D eigenvalue weighted by Crippen LogP contribution is -2.39. The topological polar surface area (TPSA) is 81.9 Å². The molecule has 0 fully saturated rings. The molecule has 0 aliphatic heterocycles. The van der Waals surface area contributed by atoms with Gasteiger partial charge in [0.05, 0.1) is 17.1 Å². The number of nitro benzene ring substituents is 1. The van der Waals surface area contributed by atoms with Crippen molar-refractivity contribution in [2.45, 2.75) is 59.0 Å². The van der Waals surface area contributed by atoms with E-state index < -0.39 is 10.9 Å². The molecular formula is C25H34N2O5. The summed E-state index contributed by atoms with van der Waals surface area (Å²) >= 11 is 0. The molecule has 0 bridgehead atoms. The van der Waals surface area contributed by atoms with Gasteiger partial charge in [-0.15, -0.1) is 0 Å². The predicted octanol–water partition coefficient (Wildman–Crippen LogP) is 5.62. The first-order valence-electron chi connectivity index (χ1n) is 11.4. The Balaban J connectivity index is 2.06. The van der Waals surface area contributed by atoms with Crippen LogP contribution < -0.4 is 4.74 Å². The summed E-state index contributed by atoms with van der Waals surface area (Å²) in [6, 6.07) is 14.5. The second-order valence-corrected chi connectivity index (χ2v) is 7.76. The van der Waals surface area contributed by atoms with Gasteiger partial charge in [0.15, 0.2) is 5.75 Å². The van der Waals surface area contributed by atoms with Crippen LogP contribution in [-0.4, -0.2) is 41.6 Å². The largest absolute Gasteiger partial charge is 0.487 e. The molecule has 2 aromatic rings. The van der Waals surface area contributed by atoms with Crippen LogP contribution in [0.5, 0.6) is 5.75 Å². The Kier molecular flexibility index (Phi) is 10.7. The first kappa shape index (κ1) is 25.3. The predicted molar refractivity (Wildman–Crippen MR) is 125 cm³/mol. The minimum atomic E-state index is -0.567. The van der Waals surface area contributed by atoms with Crippen LogP contribution in [0.1, 0.15) is 62.4 Å². The van der Waals surface area contributed by atoms with E-state index in [4.69, 9.17) is 9.47 Å². The molecule has 0 amide bonds. The number of carbonyl (C=O) groups is 1. The van der Waals surface area contributed by atoms with Crippen LogP contribution in [0.3, 0.4) is 0 Å². The molecule has 7 heteroatoms. The van der Waals surface area contributed by atoms with Gasteiger partial charge in [0, 0.05) is 18.7 Å². The molecule has 0 radical (unpaired) electrons. The Hall–Kier alpha value is -2.93. The number of ether oxygens (including phenoxy) is 2. The van der Waals surface area contributed by atoms with Gasteiger partial charge in [0.2, 0.25) is 0 Å². The number of esters is 1. The lowest BCUT2D eigenvalue weighted by molar-refractivity contribution is -0.385. The Morgan fingerprint density at radius 2 is 1.84 bits per heavy atom. The minimum absolute atomic E-state index is 0.0609. The van der Waals surface area contributed by atoms with Crippen LogP contribution in [0.2, 0.25) is 0 Å². The molecule has 0 heterocycles. The third-order valence-corrected chi connectivity index (χ3v) is 5.28. The lowest BCUT2D eigenvalue weighted by Gasteiger charge is -2.30. The molecule has 0 aliphatic carbocycles. The number of rotatable bonds is 14.